The molecule has 0 radical (unpaired) electrons. The molecule has 0 saturated heterocycles. The highest BCUT2D eigenvalue weighted by molar-refractivity contribution is 5.98. The van der Waals surface area contributed by atoms with Crippen molar-refractivity contribution in [1.29, 1.82) is 0 Å². The Bertz CT molecular complexity index is 1170. The number of rotatable bonds is 4. The van der Waals surface area contributed by atoms with E-state index in [0.29, 0.717) is 11.3 Å². The number of aromatic amines is 1. The summed E-state index contributed by atoms with van der Waals surface area (Å²) in [5.74, 6) is 0.207. The highest BCUT2D eigenvalue weighted by Gasteiger charge is 2.31. The Morgan fingerprint density at radius 1 is 1.14 bits per heavy atom. The molecule has 0 unspecified atom stereocenters. The van der Waals surface area contributed by atoms with E-state index in [9.17, 15) is 18.0 Å². The highest BCUT2D eigenvalue weighted by atomic mass is 19.4. The normalized spacial score (nSPS) is 11.6. The number of carbonyl (C=O) groups is 1. The van der Waals surface area contributed by atoms with Crippen LogP contribution in [0.1, 0.15) is 21.7 Å². The molecule has 146 valence electrons. The SMILES string of the molecule is O=C(NCc1cc(C(F)(F)F)ccn1)c1[nH]c(-c2cccnc2)[n+]2ccccc12. The molecule has 4 aromatic rings. The van der Waals surface area contributed by atoms with E-state index in [1.807, 2.05) is 16.5 Å². The van der Waals surface area contributed by atoms with Gasteiger partial charge in [0, 0.05) is 18.6 Å². The smallest absolute Gasteiger partial charge is 0.343 e. The third-order valence-electron chi connectivity index (χ3n) is 4.34. The van der Waals surface area contributed by atoms with E-state index < -0.39 is 17.6 Å². The summed E-state index contributed by atoms with van der Waals surface area (Å²) < 4.78 is 40.3. The van der Waals surface area contributed by atoms with Crippen molar-refractivity contribution in [3.05, 3.63) is 84.2 Å². The molecule has 0 atom stereocenters. The highest BCUT2D eigenvalue weighted by Crippen LogP contribution is 2.29. The number of nitrogens with zero attached hydrogens (tertiary/aromatic N) is 3. The summed E-state index contributed by atoms with van der Waals surface area (Å²) in [4.78, 5) is 23.8. The lowest BCUT2D eigenvalue weighted by Gasteiger charge is -2.08. The van der Waals surface area contributed by atoms with Crippen LogP contribution in [0.15, 0.2) is 67.3 Å². The van der Waals surface area contributed by atoms with Crippen LogP contribution in [-0.4, -0.2) is 20.9 Å². The van der Waals surface area contributed by atoms with Crippen molar-refractivity contribution < 1.29 is 22.4 Å². The second-order valence-corrected chi connectivity index (χ2v) is 6.26. The van der Waals surface area contributed by atoms with E-state index in [1.54, 1.807) is 36.8 Å². The first-order chi connectivity index (χ1) is 13.9. The molecule has 0 aliphatic heterocycles. The zero-order valence-electron chi connectivity index (χ0n) is 14.9. The van der Waals surface area contributed by atoms with Crippen molar-refractivity contribution in [3.63, 3.8) is 0 Å². The zero-order valence-corrected chi connectivity index (χ0v) is 14.9. The number of carbonyl (C=O) groups excluding carboxylic acids is 1. The average Bonchev–Trinajstić information content (AvgIpc) is 3.12. The van der Waals surface area contributed by atoms with Crippen LogP contribution in [0.25, 0.3) is 16.9 Å². The molecule has 0 aliphatic carbocycles. The van der Waals surface area contributed by atoms with Gasteiger partial charge < -0.3 is 5.32 Å². The summed E-state index contributed by atoms with van der Waals surface area (Å²) in [5, 5.41) is 2.62. The van der Waals surface area contributed by atoms with Crippen molar-refractivity contribution in [2.45, 2.75) is 12.7 Å². The lowest BCUT2D eigenvalue weighted by molar-refractivity contribution is -0.498. The van der Waals surface area contributed by atoms with E-state index in [0.717, 1.165) is 23.9 Å². The third-order valence-corrected chi connectivity index (χ3v) is 4.34. The Morgan fingerprint density at radius 2 is 2.00 bits per heavy atom. The van der Waals surface area contributed by atoms with Crippen molar-refractivity contribution in [1.82, 2.24) is 20.3 Å². The maximum Gasteiger partial charge on any atom is 0.416 e. The maximum absolute atomic E-state index is 12.8. The van der Waals surface area contributed by atoms with Gasteiger partial charge in [-0.1, -0.05) is 6.07 Å². The predicted octanol–water partition coefficient (Wildman–Crippen LogP) is 3.16. The lowest BCUT2D eigenvalue weighted by atomic mass is 10.2. The van der Waals surface area contributed by atoms with Crippen LogP contribution in [-0.2, 0) is 12.7 Å². The number of halogens is 3. The van der Waals surface area contributed by atoms with E-state index in [-0.39, 0.29) is 17.9 Å². The van der Waals surface area contributed by atoms with E-state index in [2.05, 4.69) is 20.3 Å². The molecule has 2 N–H and O–H groups in total. The third kappa shape index (κ3) is 3.79. The van der Waals surface area contributed by atoms with Gasteiger partial charge in [0.1, 0.15) is 0 Å². The second-order valence-electron chi connectivity index (χ2n) is 6.26. The molecule has 1 amide bonds. The van der Waals surface area contributed by atoms with Gasteiger partial charge >= 0.3 is 6.18 Å². The van der Waals surface area contributed by atoms with Crippen LogP contribution < -0.4 is 9.72 Å². The summed E-state index contributed by atoms with van der Waals surface area (Å²) in [7, 11) is 0. The number of alkyl halides is 3. The first-order valence-corrected chi connectivity index (χ1v) is 8.66. The summed E-state index contributed by atoms with van der Waals surface area (Å²) in [5.41, 5.74) is 1.00. The van der Waals surface area contributed by atoms with Crippen molar-refractivity contribution in [3.8, 4) is 11.4 Å². The number of aromatic nitrogens is 4. The number of hydrogen-bond acceptors (Lipinski definition) is 3. The van der Waals surface area contributed by atoms with Crippen LogP contribution in [0.2, 0.25) is 0 Å². The number of pyridine rings is 3. The molecule has 4 heterocycles. The van der Waals surface area contributed by atoms with E-state index in [4.69, 9.17) is 0 Å². The largest absolute Gasteiger partial charge is 0.416 e. The number of hydrogen-bond donors (Lipinski definition) is 2. The van der Waals surface area contributed by atoms with Gasteiger partial charge in [-0.05, 0) is 36.4 Å². The lowest BCUT2D eigenvalue weighted by Crippen LogP contribution is -2.25. The second kappa shape index (κ2) is 7.34. The Labute approximate surface area is 163 Å². The van der Waals surface area contributed by atoms with Gasteiger partial charge in [0.15, 0.2) is 5.52 Å². The minimum atomic E-state index is -4.47. The topological polar surface area (TPSA) is 74.8 Å². The monoisotopic (exact) mass is 398 g/mol. The van der Waals surface area contributed by atoms with Crippen molar-refractivity contribution in [2.24, 2.45) is 0 Å². The summed E-state index contributed by atoms with van der Waals surface area (Å²) in [6.45, 7) is -0.136. The van der Waals surface area contributed by atoms with Crippen molar-refractivity contribution >= 4 is 11.4 Å². The fourth-order valence-electron chi connectivity index (χ4n) is 2.98. The van der Waals surface area contributed by atoms with Gasteiger partial charge in [0.05, 0.1) is 29.6 Å². The van der Waals surface area contributed by atoms with Gasteiger partial charge in [0.25, 0.3) is 11.7 Å². The molecule has 29 heavy (non-hydrogen) atoms. The number of fused-ring (bicyclic) bond motifs is 1. The molecule has 0 bridgehead atoms. The Hall–Kier alpha value is -3.75. The number of H-pyrrole nitrogens is 1. The molecule has 9 heteroatoms. The molecule has 4 rings (SSSR count). The molecule has 0 aliphatic rings. The predicted molar refractivity (Wildman–Crippen MR) is 97.6 cm³/mol. The molecule has 0 aromatic carbocycles. The fourth-order valence-corrected chi connectivity index (χ4v) is 2.98. The Balaban J connectivity index is 1.62. The van der Waals surface area contributed by atoms with Crippen molar-refractivity contribution in [2.75, 3.05) is 0 Å². The van der Waals surface area contributed by atoms with Gasteiger partial charge in [-0.2, -0.15) is 17.6 Å². The molecule has 4 aromatic heterocycles. The number of nitrogens with one attached hydrogen (secondary N) is 2. The van der Waals surface area contributed by atoms with Crippen LogP contribution >= 0.6 is 0 Å². The van der Waals surface area contributed by atoms with Gasteiger partial charge in [-0.3, -0.25) is 14.8 Å². The molecule has 0 saturated carbocycles. The maximum atomic E-state index is 12.8. The molecular weight excluding hydrogens is 383 g/mol. The van der Waals surface area contributed by atoms with E-state index in [1.165, 1.54) is 0 Å². The molecule has 6 nitrogen and oxygen atoms in total. The van der Waals surface area contributed by atoms with Gasteiger partial charge in [0.2, 0.25) is 5.69 Å². The fraction of sp³-hybridized carbons (Fsp3) is 0.100. The van der Waals surface area contributed by atoms with E-state index >= 15 is 0 Å². The summed E-state index contributed by atoms with van der Waals surface area (Å²) >= 11 is 0. The number of imidazole rings is 1. The number of amides is 1. The average molecular weight is 398 g/mol. The Morgan fingerprint density at radius 3 is 2.76 bits per heavy atom. The summed E-state index contributed by atoms with van der Waals surface area (Å²) in [6.07, 6.45) is 1.73. The van der Waals surface area contributed by atoms with Crippen LogP contribution in [0, 0.1) is 0 Å². The zero-order chi connectivity index (χ0) is 20.4. The summed E-state index contributed by atoms with van der Waals surface area (Å²) in [6, 6.07) is 10.8. The Kier molecular flexibility index (Phi) is 4.71. The van der Waals surface area contributed by atoms with Gasteiger partial charge in [-0.25, -0.2) is 4.98 Å². The standard InChI is InChI=1S/C20H14F3N5O/c21-20(22,23)14-6-8-25-15(10-14)12-26-19(29)17-16-5-1-2-9-28(16)18(27-17)13-4-3-7-24-11-13/h1-11H,12H2,(H,26,29)/p+1. The van der Waals surface area contributed by atoms with Crippen LogP contribution in [0.4, 0.5) is 13.2 Å². The minimum Gasteiger partial charge on any atom is -0.343 e. The van der Waals surface area contributed by atoms with Gasteiger partial charge in [-0.15, -0.1) is 0 Å². The molecule has 0 spiro atoms. The first-order valence-electron chi connectivity index (χ1n) is 8.66. The quantitative estimate of drug-likeness (QED) is 0.519. The molecular formula is C20H15F3N5O+. The first kappa shape index (κ1) is 18.6. The van der Waals surface area contributed by atoms with Crippen LogP contribution in [0.3, 0.4) is 0 Å². The van der Waals surface area contributed by atoms with Crippen LogP contribution in [0.5, 0.6) is 0 Å². The minimum absolute atomic E-state index is 0.115. The molecule has 0 fully saturated rings.